The van der Waals surface area contributed by atoms with Gasteiger partial charge in [-0.2, -0.15) is 0 Å². The summed E-state index contributed by atoms with van der Waals surface area (Å²) in [5.74, 6) is 2.63. The van der Waals surface area contributed by atoms with Gasteiger partial charge in [-0.05, 0) is 42.6 Å². The monoisotopic (exact) mass is 188 g/mol. The zero-order valence-corrected chi connectivity index (χ0v) is 9.24. The van der Waals surface area contributed by atoms with Crippen molar-refractivity contribution in [2.45, 2.75) is 39.0 Å². The number of rotatable bonds is 1. The molecule has 0 spiro atoms. The van der Waals surface area contributed by atoms with E-state index in [1.54, 1.807) is 5.56 Å². The Kier molecular flexibility index (Phi) is 2.90. The largest absolute Gasteiger partial charge is 0.0625 e. The van der Waals surface area contributed by atoms with Crippen molar-refractivity contribution in [3.05, 3.63) is 35.9 Å². The second-order valence-electron chi connectivity index (χ2n) is 5.03. The molecule has 1 saturated carbocycles. The van der Waals surface area contributed by atoms with Gasteiger partial charge in [-0.1, -0.05) is 44.2 Å². The van der Waals surface area contributed by atoms with Crippen molar-refractivity contribution >= 4 is 0 Å². The SMILES string of the molecule is C[C@@H]1CC(c2ccccc2)C[C@H](C)C1. The van der Waals surface area contributed by atoms with Gasteiger partial charge in [0.2, 0.25) is 0 Å². The first kappa shape index (κ1) is 9.76. The molecule has 1 aliphatic rings. The van der Waals surface area contributed by atoms with Crippen LogP contribution in [0.1, 0.15) is 44.6 Å². The minimum Gasteiger partial charge on any atom is -0.0625 e. The second kappa shape index (κ2) is 4.16. The minimum atomic E-state index is 0.815. The predicted octanol–water partition coefficient (Wildman–Crippen LogP) is 4.23. The van der Waals surface area contributed by atoms with Gasteiger partial charge < -0.3 is 0 Å². The Morgan fingerprint density at radius 1 is 0.857 bits per heavy atom. The second-order valence-corrected chi connectivity index (χ2v) is 5.03. The van der Waals surface area contributed by atoms with Crippen LogP contribution in [-0.2, 0) is 0 Å². The molecular weight excluding hydrogens is 168 g/mol. The first-order chi connectivity index (χ1) is 6.75. The van der Waals surface area contributed by atoms with Crippen LogP contribution in [0.15, 0.2) is 30.3 Å². The summed E-state index contributed by atoms with van der Waals surface area (Å²) in [7, 11) is 0. The Balaban J connectivity index is 2.11. The summed E-state index contributed by atoms with van der Waals surface area (Å²) in [5.41, 5.74) is 1.55. The molecule has 1 unspecified atom stereocenters. The highest BCUT2D eigenvalue weighted by molar-refractivity contribution is 5.20. The maximum atomic E-state index is 2.39. The molecule has 1 aromatic rings. The minimum absolute atomic E-state index is 0.815. The molecular formula is C14H20. The molecule has 76 valence electrons. The number of hydrogen-bond acceptors (Lipinski definition) is 0. The fourth-order valence-corrected chi connectivity index (χ4v) is 2.94. The predicted molar refractivity (Wildman–Crippen MR) is 61.4 cm³/mol. The van der Waals surface area contributed by atoms with Gasteiger partial charge in [-0.3, -0.25) is 0 Å². The lowest BCUT2D eigenvalue weighted by atomic mass is 9.74. The van der Waals surface area contributed by atoms with E-state index in [0.29, 0.717) is 0 Å². The molecule has 0 amide bonds. The molecule has 14 heavy (non-hydrogen) atoms. The topological polar surface area (TPSA) is 0 Å². The Morgan fingerprint density at radius 3 is 2.00 bits per heavy atom. The fraction of sp³-hybridized carbons (Fsp3) is 0.571. The van der Waals surface area contributed by atoms with Gasteiger partial charge in [0, 0.05) is 0 Å². The van der Waals surface area contributed by atoms with Gasteiger partial charge in [0.1, 0.15) is 0 Å². The molecule has 0 aliphatic heterocycles. The average Bonchev–Trinajstić information content (AvgIpc) is 2.18. The van der Waals surface area contributed by atoms with Crippen LogP contribution in [0.25, 0.3) is 0 Å². The summed E-state index contributed by atoms with van der Waals surface area (Å²) in [6.07, 6.45) is 4.19. The van der Waals surface area contributed by atoms with E-state index in [1.807, 2.05) is 0 Å². The summed E-state index contributed by atoms with van der Waals surface area (Å²) in [6.45, 7) is 4.79. The van der Waals surface area contributed by atoms with Gasteiger partial charge >= 0.3 is 0 Å². The summed E-state index contributed by atoms with van der Waals surface area (Å²) < 4.78 is 0. The molecule has 2 rings (SSSR count). The van der Waals surface area contributed by atoms with Gasteiger partial charge in [0.15, 0.2) is 0 Å². The molecule has 0 N–H and O–H groups in total. The van der Waals surface area contributed by atoms with Crippen LogP contribution in [-0.4, -0.2) is 0 Å². The maximum Gasteiger partial charge on any atom is -0.0157 e. The zero-order valence-electron chi connectivity index (χ0n) is 9.24. The highest BCUT2D eigenvalue weighted by atomic mass is 14.3. The molecule has 0 radical (unpaired) electrons. The van der Waals surface area contributed by atoms with Gasteiger partial charge in [-0.15, -0.1) is 0 Å². The molecule has 1 aliphatic carbocycles. The third-order valence-electron chi connectivity index (χ3n) is 3.45. The fourth-order valence-electron chi connectivity index (χ4n) is 2.94. The van der Waals surface area contributed by atoms with E-state index in [-0.39, 0.29) is 0 Å². The van der Waals surface area contributed by atoms with Gasteiger partial charge in [-0.25, -0.2) is 0 Å². The Bertz CT molecular complexity index is 265. The molecule has 3 atom stereocenters. The summed E-state index contributed by atoms with van der Waals surface area (Å²) in [5, 5.41) is 0. The normalized spacial score (nSPS) is 32.9. The van der Waals surface area contributed by atoms with Crippen LogP contribution in [0, 0.1) is 11.8 Å². The first-order valence-electron chi connectivity index (χ1n) is 5.80. The van der Waals surface area contributed by atoms with Crippen LogP contribution in [0.3, 0.4) is 0 Å². The lowest BCUT2D eigenvalue weighted by molar-refractivity contribution is 0.268. The van der Waals surface area contributed by atoms with E-state index in [2.05, 4.69) is 44.2 Å². The highest BCUT2D eigenvalue weighted by Crippen LogP contribution is 2.38. The third-order valence-corrected chi connectivity index (χ3v) is 3.45. The van der Waals surface area contributed by atoms with Gasteiger partial charge in [0.25, 0.3) is 0 Å². The van der Waals surface area contributed by atoms with E-state index < -0.39 is 0 Å². The van der Waals surface area contributed by atoms with Crippen molar-refractivity contribution in [3.63, 3.8) is 0 Å². The zero-order chi connectivity index (χ0) is 9.97. The molecule has 0 nitrogen and oxygen atoms in total. The first-order valence-corrected chi connectivity index (χ1v) is 5.80. The molecule has 1 aromatic carbocycles. The number of benzene rings is 1. The summed E-state index contributed by atoms with van der Waals surface area (Å²) in [4.78, 5) is 0. The molecule has 0 heteroatoms. The number of hydrogen-bond donors (Lipinski definition) is 0. The van der Waals surface area contributed by atoms with Crippen molar-refractivity contribution in [2.24, 2.45) is 11.8 Å². The van der Waals surface area contributed by atoms with E-state index in [9.17, 15) is 0 Å². The van der Waals surface area contributed by atoms with Crippen LogP contribution in [0.5, 0.6) is 0 Å². The molecule has 0 saturated heterocycles. The molecule has 1 fully saturated rings. The Labute approximate surface area is 87.3 Å². The van der Waals surface area contributed by atoms with Crippen LogP contribution in [0.4, 0.5) is 0 Å². The van der Waals surface area contributed by atoms with E-state index in [4.69, 9.17) is 0 Å². The van der Waals surface area contributed by atoms with Crippen molar-refractivity contribution in [2.75, 3.05) is 0 Å². The summed E-state index contributed by atoms with van der Waals surface area (Å²) in [6, 6.07) is 11.0. The Hall–Kier alpha value is -0.780. The quantitative estimate of drug-likeness (QED) is 0.619. The molecule has 0 bridgehead atoms. The molecule has 0 aromatic heterocycles. The lowest BCUT2D eigenvalue weighted by Gasteiger charge is -2.31. The maximum absolute atomic E-state index is 2.39. The molecule has 0 heterocycles. The smallest absolute Gasteiger partial charge is 0.0157 e. The van der Waals surface area contributed by atoms with E-state index in [1.165, 1.54) is 19.3 Å². The standard InChI is InChI=1S/C14H20/c1-11-8-12(2)10-14(9-11)13-6-4-3-5-7-13/h3-7,11-12,14H,8-10H2,1-2H3/t11-,12+,14?. The van der Waals surface area contributed by atoms with Crippen LogP contribution < -0.4 is 0 Å². The van der Waals surface area contributed by atoms with E-state index in [0.717, 1.165) is 17.8 Å². The van der Waals surface area contributed by atoms with Crippen molar-refractivity contribution in [1.29, 1.82) is 0 Å². The average molecular weight is 188 g/mol. The highest BCUT2D eigenvalue weighted by Gasteiger charge is 2.24. The van der Waals surface area contributed by atoms with E-state index >= 15 is 0 Å². The van der Waals surface area contributed by atoms with Crippen LogP contribution in [0.2, 0.25) is 0 Å². The lowest BCUT2D eigenvalue weighted by Crippen LogP contribution is -2.18. The Morgan fingerprint density at radius 2 is 1.43 bits per heavy atom. The van der Waals surface area contributed by atoms with Gasteiger partial charge in [0.05, 0.1) is 0 Å². The third kappa shape index (κ3) is 2.17. The van der Waals surface area contributed by atoms with Crippen LogP contribution >= 0.6 is 0 Å². The van der Waals surface area contributed by atoms with Crippen molar-refractivity contribution in [3.8, 4) is 0 Å². The summed E-state index contributed by atoms with van der Waals surface area (Å²) >= 11 is 0. The van der Waals surface area contributed by atoms with Crippen molar-refractivity contribution < 1.29 is 0 Å². The van der Waals surface area contributed by atoms with Crippen molar-refractivity contribution in [1.82, 2.24) is 0 Å².